The Balaban J connectivity index is 1.49. The van der Waals surface area contributed by atoms with Gasteiger partial charge < -0.3 is 10.6 Å². The summed E-state index contributed by atoms with van der Waals surface area (Å²) in [5.41, 5.74) is 9.30. The van der Waals surface area contributed by atoms with Gasteiger partial charge in [0.2, 0.25) is 0 Å². The fourth-order valence-electron chi connectivity index (χ4n) is 3.95. The number of alkyl halides is 3. The number of hydrogen-bond donors (Lipinski definition) is 4. The number of benzene rings is 2. The highest BCUT2D eigenvalue weighted by Gasteiger charge is 2.46. The number of nitrogens with zero attached hydrogens (tertiary/aromatic N) is 2. The van der Waals surface area contributed by atoms with E-state index < -0.39 is 24.2 Å². The third kappa shape index (κ3) is 5.56. The van der Waals surface area contributed by atoms with Crippen molar-refractivity contribution in [1.82, 2.24) is 20.6 Å². The number of aryl methyl sites for hydroxylation is 3. The van der Waals surface area contributed by atoms with Crippen molar-refractivity contribution in [3.8, 4) is 0 Å². The van der Waals surface area contributed by atoms with E-state index in [0.717, 1.165) is 32.6 Å². The first-order valence-electron chi connectivity index (χ1n) is 10.9. The molecule has 2 heterocycles. The highest BCUT2D eigenvalue weighted by atomic mass is 32.1. The van der Waals surface area contributed by atoms with Gasteiger partial charge in [-0.2, -0.15) is 18.3 Å². The van der Waals surface area contributed by atoms with Crippen LogP contribution in [-0.2, 0) is 0 Å². The van der Waals surface area contributed by atoms with Gasteiger partial charge in [-0.15, -0.1) is 0 Å². The fourth-order valence-corrected chi connectivity index (χ4v) is 4.12. The summed E-state index contributed by atoms with van der Waals surface area (Å²) in [5.74, 6) is -0.599. The number of nitrogens with one attached hydrogen (secondary N) is 4. The Hall–Kier alpha value is -3.60. The average Bonchev–Trinajstić information content (AvgIpc) is 3.22. The summed E-state index contributed by atoms with van der Waals surface area (Å²) in [7, 11) is 0. The molecule has 184 valence electrons. The Kier molecular flexibility index (Phi) is 6.70. The van der Waals surface area contributed by atoms with Crippen molar-refractivity contribution in [3.05, 3.63) is 76.5 Å². The Morgan fingerprint density at radius 1 is 1.09 bits per heavy atom. The molecule has 4 N–H and O–H groups in total. The Morgan fingerprint density at radius 3 is 2.54 bits per heavy atom. The molecule has 1 aliphatic heterocycles. The van der Waals surface area contributed by atoms with Gasteiger partial charge in [-0.1, -0.05) is 30.3 Å². The van der Waals surface area contributed by atoms with Gasteiger partial charge in [0.15, 0.2) is 16.8 Å². The van der Waals surface area contributed by atoms with Crippen LogP contribution >= 0.6 is 12.2 Å². The molecular formula is C24H25F3N6OS. The number of halogens is 3. The molecule has 0 saturated heterocycles. The maximum atomic E-state index is 13.9. The van der Waals surface area contributed by atoms with Gasteiger partial charge in [0, 0.05) is 18.2 Å². The standard InChI is InChI=1S/C24H25F3N6OS/c1-13-5-4-6-17(9-13)28-23(35)31-30-22(34)19-12-21-29-18(16-8-7-14(2)15(3)10-16)11-20(24(25,26)27)33(21)32-19/h4-10,12,18,20,29H,11H2,1-3H3,(H,30,34)(H2,28,31,35)/t18-,20-/m1/s1. The number of hydrogen-bond acceptors (Lipinski definition) is 4. The van der Waals surface area contributed by atoms with E-state index in [1.54, 1.807) is 6.07 Å². The monoisotopic (exact) mass is 502 g/mol. The van der Waals surface area contributed by atoms with E-state index in [2.05, 4.69) is 26.6 Å². The number of amides is 1. The predicted molar refractivity (Wildman–Crippen MR) is 132 cm³/mol. The van der Waals surface area contributed by atoms with Crippen LogP contribution in [0.15, 0.2) is 48.5 Å². The molecule has 3 aromatic rings. The number of anilines is 2. The largest absolute Gasteiger partial charge is 0.410 e. The first kappa shape index (κ1) is 24.5. The lowest BCUT2D eigenvalue weighted by Gasteiger charge is -2.33. The second-order valence-corrected chi connectivity index (χ2v) is 9.00. The zero-order chi connectivity index (χ0) is 25.3. The van der Waals surface area contributed by atoms with Gasteiger partial charge in [0.25, 0.3) is 5.91 Å². The van der Waals surface area contributed by atoms with Gasteiger partial charge in [-0.3, -0.25) is 15.6 Å². The summed E-state index contributed by atoms with van der Waals surface area (Å²) in [4.78, 5) is 12.6. The molecule has 7 nitrogen and oxygen atoms in total. The number of fused-ring (bicyclic) bond motifs is 1. The van der Waals surface area contributed by atoms with E-state index in [1.165, 1.54) is 6.07 Å². The molecule has 0 unspecified atom stereocenters. The molecule has 2 aromatic carbocycles. The summed E-state index contributed by atoms with van der Waals surface area (Å²) >= 11 is 5.17. The van der Waals surface area contributed by atoms with Gasteiger partial charge >= 0.3 is 6.18 Å². The topological polar surface area (TPSA) is 83.0 Å². The van der Waals surface area contributed by atoms with Crippen LogP contribution in [-0.4, -0.2) is 27.0 Å². The van der Waals surface area contributed by atoms with E-state index in [-0.39, 0.29) is 23.0 Å². The molecule has 0 saturated carbocycles. The molecule has 4 rings (SSSR count). The third-order valence-electron chi connectivity index (χ3n) is 5.92. The SMILES string of the molecule is Cc1cccc(NC(=S)NNC(=O)c2cc3n(n2)[C@@H](C(F)(F)F)C[C@H](c2ccc(C)c(C)c2)N3)c1. The second kappa shape index (κ2) is 9.57. The molecule has 2 atom stereocenters. The summed E-state index contributed by atoms with van der Waals surface area (Å²) in [6.07, 6.45) is -4.78. The van der Waals surface area contributed by atoms with Crippen LogP contribution < -0.4 is 21.5 Å². The van der Waals surface area contributed by atoms with Crippen molar-refractivity contribution >= 4 is 34.7 Å². The minimum absolute atomic E-state index is 0.118. The van der Waals surface area contributed by atoms with E-state index in [9.17, 15) is 18.0 Å². The molecule has 1 aliphatic rings. The average molecular weight is 503 g/mol. The van der Waals surface area contributed by atoms with Crippen molar-refractivity contribution in [2.24, 2.45) is 0 Å². The fraction of sp³-hybridized carbons (Fsp3) is 0.292. The highest BCUT2D eigenvalue weighted by Crippen LogP contribution is 2.43. The third-order valence-corrected chi connectivity index (χ3v) is 6.13. The zero-order valence-corrected chi connectivity index (χ0v) is 20.1. The number of carbonyl (C=O) groups is 1. The van der Waals surface area contributed by atoms with Crippen LogP contribution in [0.5, 0.6) is 0 Å². The minimum Gasteiger partial charge on any atom is -0.363 e. The predicted octanol–water partition coefficient (Wildman–Crippen LogP) is 5.10. The van der Waals surface area contributed by atoms with Crippen molar-refractivity contribution in [2.45, 2.75) is 45.5 Å². The number of carbonyl (C=O) groups excluding carboxylic acids is 1. The molecule has 0 bridgehead atoms. The number of hydrazine groups is 1. The number of thiocarbonyl (C=S) groups is 1. The lowest BCUT2D eigenvalue weighted by Crippen LogP contribution is -2.44. The molecule has 1 amide bonds. The molecule has 0 radical (unpaired) electrons. The van der Waals surface area contributed by atoms with Crippen LogP contribution in [0.2, 0.25) is 0 Å². The van der Waals surface area contributed by atoms with Crippen molar-refractivity contribution < 1.29 is 18.0 Å². The normalized spacial score (nSPS) is 17.2. The molecule has 35 heavy (non-hydrogen) atoms. The van der Waals surface area contributed by atoms with E-state index in [4.69, 9.17) is 12.2 Å². The quantitative estimate of drug-likeness (QED) is 0.295. The van der Waals surface area contributed by atoms with Gasteiger partial charge in [-0.05, 0) is 67.4 Å². The van der Waals surface area contributed by atoms with E-state index in [0.29, 0.717) is 0 Å². The summed E-state index contributed by atoms with van der Waals surface area (Å²) in [6.45, 7) is 5.79. The van der Waals surface area contributed by atoms with E-state index >= 15 is 0 Å². The smallest absolute Gasteiger partial charge is 0.363 e. The Bertz CT molecular complexity index is 1270. The lowest BCUT2D eigenvalue weighted by atomic mass is 9.94. The molecule has 0 spiro atoms. The van der Waals surface area contributed by atoms with Gasteiger partial charge in [0.1, 0.15) is 5.82 Å². The van der Waals surface area contributed by atoms with Crippen molar-refractivity contribution in [2.75, 3.05) is 10.6 Å². The number of aromatic nitrogens is 2. The first-order chi connectivity index (χ1) is 16.5. The second-order valence-electron chi connectivity index (χ2n) is 8.60. The first-order valence-corrected chi connectivity index (χ1v) is 11.4. The van der Waals surface area contributed by atoms with Crippen LogP contribution in [0.3, 0.4) is 0 Å². The summed E-state index contributed by atoms with van der Waals surface area (Å²) < 4.78 is 42.6. The van der Waals surface area contributed by atoms with Crippen LogP contribution in [0.4, 0.5) is 24.7 Å². The zero-order valence-electron chi connectivity index (χ0n) is 19.3. The molecule has 0 fully saturated rings. The van der Waals surface area contributed by atoms with E-state index in [1.807, 2.05) is 57.2 Å². The maximum absolute atomic E-state index is 13.9. The van der Waals surface area contributed by atoms with Crippen LogP contribution in [0.1, 0.15) is 51.2 Å². The molecule has 11 heteroatoms. The summed E-state index contributed by atoms with van der Waals surface area (Å²) in [5, 5.41) is 10.1. The van der Waals surface area contributed by atoms with Crippen LogP contribution in [0, 0.1) is 20.8 Å². The summed E-state index contributed by atoms with van der Waals surface area (Å²) in [6, 6.07) is 11.9. The van der Waals surface area contributed by atoms with Gasteiger partial charge in [-0.25, -0.2) is 4.68 Å². The van der Waals surface area contributed by atoms with Crippen LogP contribution in [0.25, 0.3) is 0 Å². The molecule has 1 aromatic heterocycles. The van der Waals surface area contributed by atoms with Crippen molar-refractivity contribution in [3.63, 3.8) is 0 Å². The molecule has 0 aliphatic carbocycles. The maximum Gasteiger partial charge on any atom is 0.410 e. The molecular weight excluding hydrogens is 477 g/mol. The highest BCUT2D eigenvalue weighted by molar-refractivity contribution is 7.80. The Morgan fingerprint density at radius 2 is 1.86 bits per heavy atom. The number of rotatable bonds is 3. The lowest BCUT2D eigenvalue weighted by molar-refractivity contribution is -0.173. The van der Waals surface area contributed by atoms with Gasteiger partial charge in [0.05, 0.1) is 6.04 Å². The minimum atomic E-state index is -4.54. The Labute approximate surface area is 206 Å². The van der Waals surface area contributed by atoms with Crippen molar-refractivity contribution in [1.29, 1.82) is 0 Å².